The van der Waals surface area contributed by atoms with E-state index in [4.69, 9.17) is 10.9 Å². The van der Waals surface area contributed by atoms with Gasteiger partial charge < -0.3 is 10.9 Å². The minimum Gasteiger partial charge on any atom is -0.409 e. The van der Waals surface area contributed by atoms with E-state index in [0.717, 1.165) is 0 Å². The molecule has 8 heteroatoms. The molecule has 0 aliphatic heterocycles. The van der Waals surface area contributed by atoms with E-state index in [1.165, 1.54) is 4.31 Å². The summed E-state index contributed by atoms with van der Waals surface area (Å²) in [5.74, 6) is -0.0260. The average Bonchev–Trinajstić information content (AvgIpc) is 2.36. The summed E-state index contributed by atoms with van der Waals surface area (Å²) in [6.07, 6.45) is 0.121. The normalized spacial score (nSPS) is 13.2. The highest BCUT2D eigenvalue weighted by molar-refractivity contribution is 7.90. The molecule has 0 aromatic heterocycles. The van der Waals surface area contributed by atoms with Crippen LogP contribution in [0.2, 0.25) is 0 Å². The van der Waals surface area contributed by atoms with Gasteiger partial charge in [0, 0.05) is 18.5 Å². The summed E-state index contributed by atoms with van der Waals surface area (Å²) in [6.45, 7) is 5.36. The summed E-state index contributed by atoms with van der Waals surface area (Å²) < 4.78 is 28.8. The van der Waals surface area contributed by atoms with Gasteiger partial charge in [0.2, 0.25) is 0 Å². The fourth-order valence-corrected chi connectivity index (χ4v) is 3.31. The van der Waals surface area contributed by atoms with E-state index >= 15 is 0 Å². The first-order chi connectivity index (χ1) is 9.65. The molecule has 0 radical (unpaired) electrons. The van der Waals surface area contributed by atoms with Crippen LogP contribution in [0.3, 0.4) is 0 Å². The number of para-hydroxylation sites is 1. The molecule has 1 aromatic rings. The fraction of sp³-hybridized carbons (Fsp3) is 0.462. The van der Waals surface area contributed by atoms with Gasteiger partial charge in [0.25, 0.3) is 0 Å². The standard InChI is InChI=1S/C13H22N4O3S/c1-13(2,3)16-21(19,20)17(10-9-12(14)15-18)11-7-5-4-6-8-11/h4-8,16,18H,9-10H2,1-3H3,(H2,14,15). The Labute approximate surface area is 125 Å². The van der Waals surface area contributed by atoms with Crippen molar-refractivity contribution in [3.05, 3.63) is 30.3 Å². The van der Waals surface area contributed by atoms with Gasteiger partial charge in [-0.25, -0.2) is 0 Å². The van der Waals surface area contributed by atoms with Gasteiger partial charge in [0.1, 0.15) is 5.84 Å². The second kappa shape index (κ2) is 6.77. The first-order valence-corrected chi connectivity index (χ1v) is 7.93. The van der Waals surface area contributed by atoms with Gasteiger partial charge in [0.15, 0.2) is 0 Å². The Bertz CT molecular complexity index is 579. The van der Waals surface area contributed by atoms with E-state index in [2.05, 4.69) is 9.88 Å². The van der Waals surface area contributed by atoms with Crippen molar-refractivity contribution in [3.8, 4) is 0 Å². The summed E-state index contributed by atoms with van der Waals surface area (Å²) in [5, 5.41) is 11.5. The molecule has 0 aliphatic carbocycles. The van der Waals surface area contributed by atoms with Crippen molar-refractivity contribution >= 4 is 21.7 Å². The number of anilines is 1. The van der Waals surface area contributed by atoms with Gasteiger partial charge in [0.05, 0.1) is 5.69 Å². The van der Waals surface area contributed by atoms with Gasteiger partial charge in [-0.3, -0.25) is 4.31 Å². The third-order valence-electron chi connectivity index (χ3n) is 2.47. The number of hydrogen-bond acceptors (Lipinski definition) is 4. The minimum absolute atomic E-state index is 0.0260. The number of nitrogens with one attached hydrogen (secondary N) is 1. The minimum atomic E-state index is -3.75. The molecular formula is C13H22N4O3S. The smallest absolute Gasteiger partial charge is 0.302 e. The predicted molar refractivity (Wildman–Crippen MR) is 83.6 cm³/mol. The van der Waals surface area contributed by atoms with Gasteiger partial charge in [-0.2, -0.15) is 13.1 Å². The topological polar surface area (TPSA) is 108 Å². The summed E-state index contributed by atoms with van der Waals surface area (Å²) in [7, 11) is -3.75. The van der Waals surface area contributed by atoms with Crippen molar-refractivity contribution in [1.29, 1.82) is 0 Å². The monoisotopic (exact) mass is 314 g/mol. The molecule has 118 valence electrons. The molecule has 1 rings (SSSR count). The van der Waals surface area contributed by atoms with E-state index in [1.54, 1.807) is 51.1 Å². The van der Waals surface area contributed by atoms with E-state index < -0.39 is 15.7 Å². The van der Waals surface area contributed by atoms with Crippen molar-refractivity contribution in [2.45, 2.75) is 32.7 Å². The van der Waals surface area contributed by atoms with E-state index in [1.807, 2.05) is 0 Å². The van der Waals surface area contributed by atoms with E-state index in [-0.39, 0.29) is 18.8 Å². The summed E-state index contributed by atoms with van der Waals surface area (Å²) in [4.78, 5) is 0. The quantitative estimate of drug-likeness (QED) is 0.318. The zero-order chi connectivity index (χ0) is 16.1. The summed E-state index contributed by atoms with van der Waals surface area (Å²) in [6, 6.07) is 8.67. The molecule has 1 aromatic carbocycles. The molecule has 0 aliphatic rings. The van der Waals surface area contributed by atoms with Crippen LogP contribution in [-0.4, -0.2) is 31.5 Å². The second-order valence-corrected chi connectivity index (χ2v) is 7.20. The lowest BCUT2D eigenvalue weighted by Gasteiger charge is -2.29. The van der Waals surface area contributed by atoms with Crippen LogP contribution in [0.4, 0.5) is 5.69 Å². The van der Waals surface area contributed by atoms with E-state index in [9.17, 15) is 8.42 Å². The van der Waals surface area contributed by atoms with Crippen LogP contribution in [0.1, 0.15) is 27.2 Å². The number of rotatable bonds is 6. The Balaban J connectivity index is 3.08. The van der Waals surface area contributed by atoms with Crippen LogP contribution >= 0.6 is 0 Å². The van der Waals surface area contributed by atoms with Crippen LogP contribution in [0.15, 0.2) is 35.5 Å². The molecule has 0 unspecified atom stereocenters. The molecule has 0 heterocycles. The lowest BCUT2D eigenvalue weighted by atomic mass is 10.1. The van der Waals surface area contributed by atoms with Crippen molar-refractivity contribution < 1.29 is 13.6 Å². The Hall–Kier alpha value is -1.80. The molecule has 0 amide bonds. The molecular weight excluding hydrogens is 292 g/mol. The largest absolute Gasteiger partial charge is 0.409 e. The Morgan fingerprint density at radius 3 is 2.38 bits per heavy atom. The van der Waals surface area contributed by atoms with Crippen LogP contribution in [0, 0.1) is 0 Å². The van der Waals surface area contributed by atoms with Crippen molar-refractivity contribution in [1.82, 2.24) is 4.72 Å². The first kappa shape index (κ1) is 17.3. The summed E-state index contributed by atoms with van der Waals surface area (Å²) >= 11 is 0. The molecule has 0 spiro atoms. The molecule has 7 nitrogen and oxygen atoms in total. The molecule has 0 bridgehead atoms. The highest BCUT2D eigenvalue weighted by Crippen LogP contribution is 2.18. The predicted octanol–water partition coefficient (Wildman–Crippen LogP) is 1.26. The Morgan fingerprint density at radius 1 is 1.33 bits per heavy atom. The van der Waals surface area contributed by atoms with Crippen molar-refractivity contribution in [3.63, 3.8) is 0 Å². The lowest BCUT2D eigenvalue weighted by molar-refractivity contribution is 0.317. The van der Waals surface area contributed by atoms with Crippen LogP contribution in [0.25, 0.3) is 0 Å². The van der Waals surface area contributed by atoms with Crippen molar-refractivity contribution in [2.75, 3.05) is 10.8 Å². The van der Waals surface area contributed by atoms with Gasteiger partial charge in [-0.1, -0.05) is 23.4 Å². The van der Waals surface area contributed by atoms with Gasteiger partial charge >= 0.3 is 10.2 Å². The van der Waals surface area contributed by atoms with Crippen molar-refractivity contribution in [2.24, 2.45) is 10.9 Å². The number of amidine groups is 1. The number of nitrogens with two attached hydrogens (primary N) is 1. The van der Waals surface area contributed by atoms with E-state index in [0.29, 0.717) is 5.69 Å². The Kier molecular flexibility index (Phi) is 5.56. The first-order valence-electron chi connectivity index (χ1n) is 6.49. The van der Waals surface area contributed by atoms with Gasteiger partial charge in [-0.05, 0) is 32.9 Å². The second-order valence-electron chi connectivity index (χ2n) is 5.61. The maximum Gasteiger partial charge on any atom is 0.302 e. The number of hydrogen-bond donors (Lipinski definition) is 3. The number of benzene rings is 1. The lowest BCUT2D eigenvalue weighted by Crippen LogP contribution is -2.49. The third-order valence-corrected chi connectivity index (χ3v) is 4.31. The molecule has 21 heavy (non-hydrogen) atoms. The van der Waals surface area contributed by atoms with Crippen LogP contribution in [0.5, 0.6) is 0 Å². The molecule has 4 N–H and O–H groups in total. The molecule has 0 atom stereocenters. The third kappa shape index (κ3) is 5.60. The van der Waals surface area contributed by atoms with Crippen LogP contribution in [-0.2, 0) is 10.2 Å². The highest BCUT2D eigenvalue weighted by atomic mass is 32.2. The zero-order valence-corrected chi connectivity index (χ0v) is 13.3. The average molecular weight is 314 g/mol. The van der Waals surface area contributed by atoms with Gasteiger partial charge in [-0.15, -0.1) is 0 Å². The SMILES string of the molecule is CC(C)(C)NS(=O)(=O)N(CC/C(N)=N/O)c1ccccc1. The van der Waals surface area contributed by atoms with Crippen LogP contribution < -0.4 is 14.8 Å². The number of oxime groups is 1. The Morgan fingerprint density at radius 2 is 1.90 bits per heavy atom. The zero-order valence-electron chi connectivity index (χ0n) is 12.4. The highest BCUT2D eigenvalue weighted by Gasteiger charge is 2.27. The number of nitrogens with zero attached hydrogens (tertiary/aromatic N) is 2. The summed E-state index contributed by atoms with van der Waals surface area (Å²) in [5.41, 5.74) is 5.33. The molecule has 0 fully saturated rings. The fourth-order valence-electron chi connectivity index (χ4n) is 1.69. The molecule has 0 saturated carbocycles. The maximum absolute atomic E-state index is 12.5. The molecule has 0 saturated heterocycles. The maximum atomic E-state index is 12.5.